The Hall–Kier alpha value is -2.30. The van der Waals surface area contributed by atoms with Gasteiger partial charge in [-0.2, -0.15) is 0 Å². The number of urea groups is 1. The van der Waals surface area contributed by atoms with Crippen LogP contribution in [0.1, 0.15) is 24.2 Å². The number of fused-ring (bicyclic) bond motifs is 5. The Kier molecular flexibility index (Phi) is 2.22. The lowest BCUT2D eigenvalue weighted by Gasteiger charge is -2.26. The van der Waals surface area contributed by atoms with Crippen LogP contribution in [0.3, 0.4) is 0 Å². The molecule has 0 saturated carbocycles. The number of nitrogens with zero attached hydrogens (tertiary/aromatic N) is 2. The third-order valence-corrected chi connectivity index (χ3v) is 4.33. The van der Waals surface area contributed by atoms with Crippen LogP contribution in [0, 0.1) is 0 Å². The molecule has 2 aromatic rings. The van der Waals surface area contributed by atoms with Crippen molar-refractivity contribution in [3.63, 3.8) is 0 Å². The molecule has 2 aliphatic rings. The predicted octanol–water partition coefficient (Wildman–Crippen LogP) is 2.05. The van der Waals surface area contributed by atoms with Crippen LogP contribution in [-0.2, 0) is 11.2 Å². The summed E-state index contributed by atoms with van der Waals surface area (Å²) in [5.74, 6) is -0.106. The second kappa shape index (κ2) is 3.85. The molecule has 1 saturated heterocycles. The maximum atomic E-state index is 12.5. The molecule has 5 nitrogen and oxygen atoms in total. The number of aromatic nitrogens is 1. The van der Waals surface area contributed by atoms with E-state index in [1.165, 1.54) is 10.5 Å². The summed E-state index contributed by atoms with van der Waals surface area (Å²) in [7, 11) is 0. The van der Waals surface area contributed by atoms with E-state index in [4.69, 9.17) is 0 Å². The van der Waals surface area contributed by atoms with E-state index < -0.39 is 6.04 Å². The third-order valence-electron chi connectivity index (χ3n) is 4.33. The molecule has 3 amide bonds. The van der Waals surface area contributed by atoms with Crippen molar-refractivity contribution in [3.8, 4) is 0 Å². The molecular formula is C15H15N3O2. The van der Waals surface area contributed by atoms with Crippen LogP contribution in [0.25, 0.3) is 10.9 Å². The van der Waals surface area contributed by atoms with E-state index in [9.17, 15) is 9.59 Å². The lowest BCUT2D eigenvalue weighted by molar-refractivity contribution is -0.128. The number of amides is 3. The molecule has 1 unspecified atom stereocenters. The van der Waals surface area contributed by atoms with Crippen molar-refractivity contribution in [1.82, 2.24) is 14.8 Å². The highest BCUT2D eigenvalue weighted by atomic mass is 16.2. The van der Waals surface area contributed by atoms with Crippen molar-refractivity contribution < 1.29 is 9.59 Å². The summed E-state index contributed by atoms with van der Waals surface area (Å²) in [6.07, 6.45) is 0.798. The fourth-order valence-electron chi connectivity index (χ4n) is 3.39. The van der Waals surface area contributed by atoms with E-state index in [2.05, 4.69) is 11.1 Å². The first-order valence-electron chi connectivity index (χ1n) is 6.94. The lowest BCUT2D eigenvalue weighted by Crippen LogP contribution is -2.36. The van der Waals surface area contributed by atoms with Gasteiger partial charge in [0.2, 0.25) is 0 Å². The molecule has 1 aromatic heterocycles. The zero-order chi connectivity index (χ0) is 13.9. The van der Waals surface area contributed by atoms with Gasteiger partial charge in [-0.05, 0) is 25.0 Å². The smallest absolute Gasteiger partial charge is 0.327 e. The average molecular weight is 269 g/mol. The van der Waals surface area contributed by atoms with Gasteiger partial charge in [-0.25, -0.2) is 4.79 Å². The van der Waals surface area contributed by atoms with Gasteiger partial charge in [0.05, 0.1) is 5.69 Å². The molecule has 0 spiro atoms. The summed E-state index contributed by atoms with van der Waals surface area (Å²) in [5.41, 5.74) is 3.11. The van der Waals surface area contributed by atoms with E-state index in [1.54, 1.807) is 4.90 Å². The summed E-state index contributed by atoms with van der Waals surface area (Å²) in [6.45, 7) is 2.88. The minimum atomic E-state index is -0.460. The summed E-state index contributed by atoms with van der Waals surface area (Å²) in [4.78, 5) is 31.1. The molecule has 1 N–H and O–H groups in total. The van der Waals surface area contributed by atoms with Gasteiger partial charge in [-0.15, -0.1) is 0 Å². The fourth-order valence-corrected chi connectivity index (χ4v) is 3.39. The fraction of sp³-hybridized carbons (Fsp3) is 0.333. The third kappa shape index (κ3) is 1.27. The molecule has 3 heterocycles. The Morgan fingerprint density at radius 3 is 2.90 bits per heavy atom. The number of rotatable bonds is 1. The highest BCUT2D eigenvalue weighted by Crippen LogP contribution is 2.39. The van der Waals surface area contributed by atoms with Crippen molar-refractivity contribution in [2.24, 2.45) is 0 Å². The number of hydrogen-bond donors (Lipinski definition) is 1. The van der Waals surface area contributed by atoms with Crippen LogP contribution in [0.4, 0.5) is 4.79 Å². The number of H-pyrrole nitrogens is 1. The van der Waals surface area contributed by atoms with E-state index in [1.807, 2.05) is 25.1 Å². The molecule has 4 rings (SSSR count). The number of hydrogen-bond acceptors (Lipinski definition) is 2. The summed E-state index contributed by atoms with van der Waals surface area (Å²) in [6, 6.07) is 7.44. The van der Waals surface area contributed by atoms with Crippen molar-refractivity contribution in [3.05, 3.63) is 35.5 Å². The second-order valence-electron chi connectivity index (χ2n) is 5.27. The number of aromatic amines is 1. The molecule has 0 aliphatic carbocycles. The Labute approximate surface area is 116 Å². The van der Waals surface area contributed by atoms with E-state index in [0.717, 1.165) is 23.0 Å². The first kappa shape index (κ1) is 11.5. The number of nitrogens with one attached hydrogen (secondary N) is 1. The van der Waals surface area contributed by atoms with Gasteiger partial charge in [0.25, 0.3) is 5.91 Å². The highest BCUT2D eigenvalue weighted by Gasteiger charge is 2.48. The molecular weight excluding hydrogens is 254 g/mol. The lowest BCUT2D eigenvalue weighted by atomic mass is 9.98. The maximum Gasteiger partial charge on any atom is 0.327 e. The zero-order valence-electron chi connectivity index (χ0n) is 11.2. The van der Waals surface area contributed by atoms with Crippen LogP contribution < -0.4 is 0 Å². The zero-order valence-corrected chi connectivity index (χ0v) is 11.2. The van der Waals surface area contributed by atoms with Gasteiger partial charge in [0.1, 0.15) is 0 Å². The first-order chi connectivity index (χ1) is 9.72. The molecule has 5 heteroatoms. The molecule has 0 radical (unpaired) electrons. The summed E-state index contributed by atoms with van der Waals surface area (Å²) < 4.78 is 0. The van der Waals surface area contributed by atoms with Gasteiger partial charge in [-0.3, -0.25) is 9.69 Å². The SMILES string of the molecule is CCN1C(=O)C2c3[nH]c4ccccc4c3CCN2C1=O. The molecule has 0 bridgehead atoms. The number of imide groups is 1. The topological polar surface area (TPSA) is 56.4 Å². The Bertz CT molecular complexity index is 734. The largest absolute Gasteiger partial charge is 0.356 e. The number of carbonyl (C=O) groups is 2. The Morgan fingerprint density at radius 1 is 1.30 bits per heavy atom. The van der Waals surface area contributed by atoms with Crippen LogP contribution in [0.15, 0.2) is 24.3 Å². The van der Waals surface area contributed by atoms with Gasteiger partial charge < -0.3 is 9.88 Å². The summed E-state index contributed by atoms with van der Waals surface area (Å²) >= 11 is 0. The molecule has 20 heavy (non-hydrogen) atoms. The quantitative estimate of drug-likeness (QED) is 0.805. The predicted molar refractivity (Wildman–Crippen MR) is 74.2 cm³/mol. The second-order valence-corrected chi connectivity index (χ2v) is 5.27. The number of para-hydroxylation sites is 1. The first-order valence-corrected chi connectivity index (χ1v) is 6.94. The molecule has 1 aromatic carbocycles. The van der Waals surface area contributed by atoms with Crippen molar-refractivity contribution >= 4 is 22.8 Å². The molecule has 102 valence electrons. The van der Waals surface area contributed by atoms with Crippen LogP contribution >= 0.6 is 0 Å². The number of carbonyl (C=O) groups excluding carboxylic acids is 2. The number of likely N-dealkylation sites (N-methyl/N-ethyl adjacent to an activating group) is 1. The normalized spacial score (nSPS) is 21.6. The van der Waals surface area contributed by atoms with Gasteiger partial charge in [0, 0.05) is 24.0 Å². The van der Waals surface area contributed by atoms with Crippen LogP contribution in [0.5, 0.6) is 0 Å². The molecule has 1 atom stereocenters. The standard InChI is InChI=1S/C15H15N3O2/c1-2-17-14(19)13-12-10(7-8-18(13)15(17)20)9-5-3-4-6-11(9)16-12/h3-6,13,16H,2,7-8H2,1H3. The van der Waals surface area contributed by atoms with E-state index >= 15 is 0 Å². The highest BCUT2D eigenvalue weighted by molar-refractivity contribution is 6.05. The van der Waals surface area contributed by atoms with Crippen LogP contribution in [-0.4, -0.2) is 39.8 Å². The van der Waals surface area contributed by atoms with E-state index in [0.29, 0.717) is 13.1 Å². The number of benzene rings is 1. The minimum absolute atomic E-state index is 0.106. The van der Waals surface area contributed by atoms with Crippen molar-refractivity contribution in [1.29, 1.82) is 0 Å². The van der Waals surface area contributed by atoms with Gasteiger partial charge in [-0.1, -0.05) is 18.2 Å². The van der Waals surface area contributed by atoms with Crippen molar-refractivity contribution in [2.75, 3.05) is 13.1 Å². The molecule has 1 fully saturated rings. The maximum absolute atomic E-state index is 12.5. The van der Waals surface area contributed by atoms with Crippen LogP contribution in [0.2, 0.25) is 0 Å². The van der Waals surface area contributed by atoms with Crippen molar-refractivity contribution in [2.45, 2.75) is 19.4 Å². The van der Waals surface area contributed by atoms with E-state index in [-0.39, 0.29) is 11.9 Å². The Balaban J connectivity index is 1.91. The summed E-state index contributed by atoms with van der Waals surface area (Å²) in [5, 5.41) is 1.16. The minimum Gasteiger partial charge on any atom is -0.356 e. The monoisotopic (exact) mass is 269 g/mol. The van der Waals surface area contributed by atoms with Gasteiger partial charge in [0.15, 0.2) is 6.04 Å². The molecule has 2 aliphatic heterocycles. The van der Waals surface area contributed by atoms with Gasteiger partial charge >= 0.3 is 6.03 Å². The Morgan fingerprint density at radius 2 is 2.10 bits per heavy atom. The average Bonchev–Trinajstić information content (AvgIpc) is 2.95.